The number of ether oxygens (including phenoxy) is 4. The lowest BCUT2D eigenvalue weighted by molar-refractivity contribution is -0.124. The van der Waals surface area contributed by atoms with Gasteiger partial charge in [-0.15, -0.1) is 0 Å². The third-order valence-corrected chi connectivity index (χ3v) is 6.47. The van der Waals surface area contributed by atoms with E-state index in [1.165, 1.54) is 71.1 Å². The molecule has 0 aliphatic carbocycles. The van der Waals surface area contributed by atoms with E-state index in [9.17, 15) is 19.8 Å². The van der Waals surface area contributed by atoms with Crippen molar-refractivity contribution in [1.29, 1.82) is 0 Å². The van der Waals surface area contributed by atoms with Gasteiger partial charge in [-0.05, 0) is 12.8 Å². The van der Waals surface area contributed by atoms with E-state index in [0.29, 0.717) is 52.8 Å². The third-order valence-electron chi connectivity index (χ3n) is 6.47. The smallest absolute Gasteiger partial charge is 0.222 e. The Balaban J connectivity index is 3.60. The average Bonchev–Trinajstić information content (AvgIpc) is 2.95. The van der Waals surface area contributed by atoms with Crippen LogP contribution in [0.2, 0.25) is 0 Å². The molecule has 0 heterocycles. The van der Waals surface area contributed by atoms with E-state index < -0.39 is 12.1 Å². The average molecular weight is 589 g/mol. The van der Waals surface area contributed by atoms with Gasteiger partial charge < -0.3 is 39.8 Å². The van der Waals surface area contributed by atoms with Gasteiger partial charge in [-0.3, -0.25) is 9.59 Å². The van der Waals surface area contributed by atoms with Crippen molar-refractivity contribution in [3.63, 3.8) is 0 Å². The highest BCUT2D eigenvalue weighted by molar-refractivity contribution is 5.76. The summed E-state index contributed by atoms with van der Waals surface area (Å²) >= 11 is 0. The number of carbonyl (C=O) groups excluding carboxylic acids is 2. The Morgan fingerprint density at radius 2 is 1.22 bits per heavy atom. The van der Waals surface area contributed by atoms with Crippen LogP contribution in [0.25, 0.3) is 0 Å². The standard InChI is InChI=1S/C31H60N2O8/c1-3-4-5-6-7-8-9-10-11-12-13-14-15-16-30(36)29(27-34)33-31(37)17-19-38-21-23-40-25-26-41-24-22-39-20-18-32-28(2)35/h15-16,29-30,34,36H,3-14,17-27H2,1-2H3,(H,32,35)(H,33,37)/b16-15+/t29-,30+/m0/s1. The number of hydrogen-bond acceptors (Lipinski definition) is 8. The fourth-order valence-corrected chi connectivity index (χ4v) is 4.04. The third kappa shape index (κ3) is 29.7. The van der Waals surface area contributed by atoms with Crippen molar-refractivity contribution < 1.29 is 38.7 Å². The minimum absolute atomic E-state index is 0.0762. The molecule has 0 aliphatic rings. The van der Waals surface area contributed by atoms with Gasteiger partial charge in [0.15, 0.2) is 0 Å². The van der Waals surface area contributed by atoms with Gasteiger partial charge in [0.2, 0.25) is 11.8 Å². The first-order valence-electron chi connectivity index (χ1n) is 15.8. The van der Waals surface area contributed by atoms with Crippen LogP contribution in [0.4, 0.5) is 0 Å². The van der Waals surface area contributed by atoms with Crippen LogP contribution < -0.4 is 10.6 Å². The zero-order valence-corrected chi connectivity index (χ0v) is 25.9. The Hall–Kier alpha value is -1.56. The molecule has 2 atom stereocenters. The van der Waals surface area contributed by atoms with Crippen molar-refractivity contribution >= 4 is 11.8 Å². The summed E-state index contributed by atoms with van der Waals surface area (Å²) in [7, 11) is 0. The van der Waals surface area contributed by atoms with Crippen LogP contribution in [0.1, 0.15) is 97.3 Å². The van der Waals surface area contributed by atoms with Crippen molar-refractivity contribution in [2.24, 2.45) is 0 Å². The van der Waals surface area contributed by atoms with Gasteiger partial charge in [0.1, 0.15) is 0 Å². The second kappa shape index (κ2) is 31.4. The molecule has 0 aromatic heterocycles. The molecule has 0 bridgehead atoms. The first-order valence-corrected chi connectivity index (χ1v) is 15.8. The molecule has 0 aromatic rings. The molecule has 0 saturated heterocycles. The quantitative estimate of drug-likeness (QED) is 0.0712. The van der Waals surface area contributed by atoms with Crippen molar-refractivity contribution in [1.82, 2.24) is 10.6 Å². The number of hydrogen-bond donors (Lipinski definition) is 4. The van der Waals surface area contributed by atoms with Crippen molar-refractivity contribution in [2.75, 3.05) is 66.0 Å². The molecule has 4 N–H and O–H groups in total. The molecular weight excluding hydrogens is 528 g/mol. The first kappa shape index (κ1) is 39.4. The summed E-state index contributed by atoms with van der Waals surface area (Å²) in [6, 6.07) is -0.734. The lowest BCUT2D eigenvalue weighted by atomic mass is 10.0. The zero-order valence-electron chi connectivity index (χ0n) is 25.9. The van der Waals surface area contributed by atoms with Crippen molar-refractivity contribution in [3.05, 3.63) is 12.2 Å². The summed E-state index contributed by atoms with van der Waals surface area (Å²) in [5.74, 6) is -0.358. The van der Waals surface area contributed by atoms with Crippen molar-refractivity contribution in [2.45, 2.75) is 109 Å². The van der Waals surface area contributed by atoms with Gasteiger partial charge in [0, 0.05) is 19.9 Å². The Morgan fingerprint density at radius 1 is 0.732 bits per heavy atom. The number of carbonyl (C=O) groups is 2. The highest BCUT2D eigenvalue weighted by Crippen LogP contribution is 2.12. The summed E-state index contributed by atoms with van der Waals surface area (Å²) in [6.07, 6.45) is 18.0. The van der Waals surface area contributed by atoms with E-state index >= 15 is 0 Å². The molecule has 242 valence electrons. The molecule has 10 nitrogen and oxygen atoms in total. The van der Waals surface area contributed by atoms with Gasteiger partial charge in [-0.2, -0.15) is 0 Å². The summed E-state index contributed by atoms with van der Waals surface area (Å²) in [5, 5.41) is 25.2. The van der Waals surface area contributed by atoms with Gasteiger partial charge in [-0.25, -0.2) is 0 Å². The zero-order chi connectivity index (χ0) is 30.2. The molecule has 10 heteroatoms. The number of nitrogens with one attached hydrogen (secondary N) is 2. The molecule has 0 rings (SSSR count). The molecule has 0 radical (unpaired) electrons. The molecule has 0 spiro atoms. The molecule has 41 heavy (non-hydrogen) atoms. The molecular formula is C31H60N2O8. The Morgan fingerprint density at radius 3 is 1.73 bits per heavy atom. The fourth-order valence-electron chi connectivity index (χ4n) is 4.04. The second-order valence-corrected chi connectivity index (χ2v) is 10.3. The van der Waals surface area contributed by atoms with Crippen molar-refractivity contribution in [3.8, 4) is 0 Å². The van der Waals surface area contributed by atoms with E-state index in [4.69, 9.17) is 18.9 Å². The van der Waals surface area contributed by atoms with E-state index in [1.54, 1.807) is 6.08 Å². The molecule has 0 unspecified atom stereocenters. The summed E-state index contributed by atoms with van der Waals surface area (Å²) in [5.41, 5.74) is 0. The van der Waals surface area contributed by atoms with Gasteiger partial charge in [0.05, 0.1) is 71.6 Å². The molecule has 0 saturated carbocycles. The monoisotopic (exact) mass is 588 g/mol. The maximum absolute atomic E-state index is 12.1. The fraction of sp³-hybridized carbons (Fsp3) is 0.871. The Bertz CT molecular complexity index is 621. The van der Waals surface area contributed by atoms with E-state index in [2.05, 4.69) is 17.6 Å². The molecule has 0 fully saturated rings. The van der Waals surface area contributed by atoms with Crippen LogP contribution in [0, 0.1) is 0 Å². The molecule has 0 aliphatic heterocycles. The van der Waals surface area contributed by atoms with Crippen LogP contribution in [-0.2, 0) is 28.5 Å². The van der Waals surface area contributed by atoms with Gasteiger partial charge >= 0.3 is 0 Å². The van der Waals surface area contributed by atoms with Crippen LogP contribution in [-0.4, -0.2) is 100 Å². The predicted molar refractivity (Wildman–Crippen MR) is 162 cm³/mol. The number of aliphatic hydroxyl groups excluding tert-OH is 2. The summed E-state index contributed by atoms with van der Waals surface area (Å²) < 4.78 is 21.5. The number of allylic oxidation sites excluding steroid dienone is 1. The number of aliphatic hydroxyl groups is 2. The van der Waals surface area contributed by atoms with Crippen LogP contribution in [0.3, 0.4) is 0 Å². The Kier molecular flexibility index (Phi) is 30.2. The van der Waals surface area contributed by atoms with E-state index in [0.717, 1.165) is 12.8 Å². The highest BCUT2D eigenvalue weighted by atomic mass is 16.6. The number of rotatable bonds is 31. The number of unbranched alkanes of at least 4 members (excludes halogenated alkanes) is 11. The number of amides is 2. The maximum Gasteiger partial charge on any atom is 0.222 e. The minimum Gasteiger partial charge on any atom is -0.394 e. The Labute approximate surface area is 248 Å². The lowest BCUT2D eigenvalue weighted by Crippen LogP contribution is -2.45. The van der Waals surface area contributed by atoms with Gasteiger partial charge in [0.25, 0.3) is 0 Å². The first-order chi connectivity index (χ1) is 20.0. The SMILES string of the molecule is CCCCCCCCCCCCC/C=C/[C@@H](O)[C@H](CO)NC(=O)CCOCCOCCOCCOCCNC(C)=O. The van der Waals surface area contributed by atoms with E-state index in [-0.39, 0.29) is 31.4 Å². The second-order valence-electron chi connectivity index (χ2n) is 10.3. The maximum atomic E-state index is 12.1. The highest BCUT2D eigenvalue weighted by Gasteiger charge is 2.18. The van der Waals surface area contributed by atoms with Crippen LogP contribution in [0.15, 0.2) is 12.2 Å². The molecule has 0 aromatic carbocycles. The lowest BCUT2D eigenvalue weighted by Gasteiger charge is -2.20. The van der Waals surface area contributed by atoms with Crippen LogP contribution >= 0.6 is 0 Å². The molecule has 2 amide bonds. The van der Waals surface area contributed by atoms with Gasteiger partial charge in [-0.1, -0.05) is 83.3 Å². The normalized spacial score (nSPS) is 13.0. The van der Waals surface area contributed by atoms with Crippen LogP contribution in [0.5, 0.6) is 0 Å². The predicted octanol–water partition coefficient (Wildman–Crippen LogP) is 3.67. The topological polar surface area (TPSA) is 136 Å². The largest absolute Gasteiger partial charge is 0.394 e. The van der Waals surface area contributed by atoms with E-state index in [1.807, 2.05) is 6.08 Å². The minimum atomic E-state index is -0.927. The summed E-state index contributed by atoms with van der Waals surface area (Å²) in [4.78, 5) is 22.8. The summed E-state index contributed by atoms with van der Waals surface area (Å²) in [6.45, 7) is 7.06.